The van der Waals surface area contributed by atoms with Crippen molar-refractivity contribution in [2.75, 3.05) is 19.0 Å². The van der Waals surface area contributed by atoms with Crippen molar-refractivity contribution in [3.8, 4) is 5.75 Å². The SMILES string of the molecule is Cc1cc(OCC(=O)Nc2ccc(S(=O)(=O)N(C)C3CCCCC3)cc2)cc(C)c1Cl. The Morgan fingerprint density at radius 1 is 1.10 bits per heavy atom. The van der Waals surface area contributed by atoms with E-state index in [-0.39, 0.29) is 23.5 Å². The van der Waals surface area contributed by atoms with Gasteiger partial charge < -0.3 is 10.1 Å². The van der Waals surface area contributed by atoms with Crippen molar-refractivity contribution < 1.29 is 17.9 Å². The van der Waals surface area contributed by atoms with E-state index in [2.05, 4.69) is 5.32 Å². The minimum atomic E-state index is -3.56. The smallest absolute Gasteiger partial charge is 0.262 e. The van der Waals surface area contributed by atoms with Crippen LogP contribution in [0.5, 0.6) is 5.75 Å². The van der Waals surface area contributed by atoms with E-state index in [0.717, 1.165) is 36.8 Å². The van der Waals surface area contributed by atoms with Crippen LogP contribution in [0.25, 0.3) is 0 Å². The molecule has 8 heteroatoms. The Bertz CT molecular complexity index is 1010. The number of carbonyl (C=O) groups excluding carboxylic acids is 1. The van der Waals surface area contributed by atoms with Crippen LogP contribution in [0, 0.1) is 13.8 Å². The standard InChI is InChI=1S/C23H29ClN2O4S/c1-16-13-20(14-17(2)23(16)24)30-15-22(27)25-18-9-11-21(12-10-18)31(28,29)26(3)19-7-5-4-6-8-19/h9-14,19H,4-8,15H2,1-3H3,(H,25,27). The van der Waals surface area contributed by atoms with Gasteiger partial charge in [-0.3, -0.25) is 4.79 Å². The first kappa shape index (κ1) is 23.6. The third-order valence-corrected chi connectivity index (χ3v) is 8.20. The number of anilines is 1. The minimum absolute atomic E-state index is 0.0513. The molecule has 6 nitrogen and oxygen atoms in total. The third kappa shape index (κ3) is 5.79. The van der Waals surface area contributed by atoms with Crippen LogP contribution >= 0.6 is 11.6 Å². The minimum Gasteiger partial charge on any atom is -0.484 e. The van der Waals surface area contributed by atoms with Crippen LogP contribution in [-0.2, 0) is 14.8 Å². The molecule has 0 radical (unpaired) electrons. The highest BCUT2D eigenvalue weighted by Gasteiger charge is 2.28. The average Bonchev–Trinajstić information content (AvgIpc) is 2.76. The van der Waals surface area contributed by atoms with E-state index in [1.165, 1.54) is 22.9 Å². The summed E-state index contributed by atoms with van der Waals surface area (Å²) < 4.78 is 32.9. The zero-order chi connectivity index (χ0) is 22.6. The largest absolute Gasteiger partial charge is 0.484 e. The lowest BCUT2D eigenvalue weighted by Crippen LogP contribution is -2.38. The second kappa shape index (κ2) is 10.0. The molecule has 31 heavy (non-hydrogen) atoms. The summed E-state index contributed by atoms with van der Waals surface area (Å²) in [6.07, 6.45) is 5.09. The van der Waals surface area contributed by atoms with Gasteiger partial charge in [0.2, 0.25) is 10.0 Å². The van der Waals surface area contributed by atoms with Crippen molar-refractivity contribution in [3.05, 3.63) is 52.5 Å². The molecule has 1 aliphatic carbocycles. The fraction of sp³-hybridized carbons (Fsp3) is 0.435. The highest BCUT2D eigenvalue weighted by Crippen LogP contribution is 2.27. The Morgan fingerprint density at radius 3 is 2.26 bits per heavy atom. The highest BCUT2D eigenvalue weighted by atomic mass is 35.5. The molecule has 0 bridgehead atoms. The van der Waals surface area contributed by atoms with Gasteiger partial charge >= 0.3 is 0 Å². The van der Waals surface area contributed by atoms with Gasteiger partial charge in [-0.15, -0.1) is 0 Å². The van der Waals surface area contributed by atoms with Crippen LogP contribution in [0.1, 0.15) is 43.2 Å². The Balaban J connectivity index is 1.59. The predicted octanol–water partition coefficient (Wildman–Crippen LogP) is 4.93. The Morgan fingerprint density at radius 2 is 1.68 bits per heavy atom. The van der Waals surface area contributed by atoms with Crippen molar-refractivity contribution in [2.45, 2.75) is 56.9 Å². The summed E-state index contributed by atoms with van der Waals surface area (Å²) in [5, 5.41) is 3.41. The fourth-order valence-corrected chi connectivity index (χ4v) is 5.38. The van der Waals surface area contributed by atoms with Gasteiger partial charge in [0, 0.05) is 23.8 Å². The number of nitrogens with one attached hydrogen (secondary N) is 1. The molecular formula is C23H29ClN2O4S. The Hall–Kier alpha value is -2.09. The molecule has 2 aromatic rings. The number of benzene rings is 2. The van der Waals surface area contributed by atoms with Crippen molar-refractivity contribution >= 4 is 33.2 Å². The van der Waals surface area contributed by atoms with Gasteiger partial charge in [0.25, 0.3) is 5.91 Å². The molecule has 0 heterocycles. The van der Waals surface area contributed by atoms with Gasteiger partial charge in [0.05, 0.1) is 4.90 Å². The molecule has 1 saturated carbocycles. The van der Waals surface area contributed by atoms with Crippen LogP contribution in [0.2, 0.25) is 5.02 Å². The Labute approximate surface area is 189 Å². The highest BCUT2D eigenvalue weighted by molar-refractivity contribution is 7.89. The maximum absolute atomic E-state index is 12.9. The van der Waals surface area contributed by atoms with Crippen molar-refractivity contribution in [3.63, 3.8) is 0 Å². The average molecular weight is 465 g/mol. The van der Waals surface area contributed by atoms with Crippen molar-refractivity contribution in [1.29, 1.82) is 0 Å². The number of amides is 1. The van der Waals surface area contributed by atoms with Gasteiger partial charge in [-0.1, -0.05) is 30.9 Å². The number of aryl methyl sites for hydroxylation is 2. The monoisotopic (exact) mass is 464 g/mol. The lowest BCUT2D eigenvalue weighted by Gasteiger charge is -2.30. The maximum Gasteiger partial charge on any atom is 0.262 e. The molecule has 0 atom stereocenters. The topological polar surface area (TPSA) is 75.7 Å². The third-order valence-electron chi connectivity index (χ3n) is 5.68. The number of hydrogen-bond donors (Lipinski definition) is 1. The number of halogens is 1. The molecule has 0 spiro atoms. The number of carbonyl (C=O) groups is 1. The summed E-state index contributed by atoms with van der Waals surface area (Å²) in [7, 11) is -1.91. The first-order chi connectivity index (χ1) is 14.7. The predicted molar refractivity (Wildman–Crippen MR) is 123 cm³/mol. The van der Waals surface area contributed by atoms with Crippen LogP contribution in [0.15, 0.2) is 41.3 Å². The molecule has 0 aliphatic heterocycles. The Kier molecular flexibility index (Phi) is 7.62. The zero-order valence-corrected chi connectivity index (χ0v) is 19.7. The fourth-order valence-electron chi connectivity index (χ4n) is 3.85. The van der Waals surface area contributed by atoms with E-state index in [1.807, 2.05) is 13.8 Å². The van der Waals surface area contributed by atoms with E-state index in [0.29, 0.717) is 16.5 Å². The molecule has 1 amide bonds. The maximum atomic E-state index is 12.9. The molecule has 168 valence electrons. The summed E-state index contributed by atoms with van der Waals surface area (Å²) >= 11 is 6.15. The summed E-state index contributed by atoms with van der Waals surface area (Å²) in [5.74, 6) is 0.238. The number of ether oxygens (including phenoxy) is 1. The van der Waals surface area contributed by atoms with Crippen LogP contribution in [0.3, 0.4) is 0 Å². The lowest BCUT2D eigenvalue weighted by atomic mass is 9.96. The van der Waals surface area contributed by atoms with Gasteiger partial charge in [-0.2, -0.15) is 4.31 Å². The molecule has 3 rings (SSSR count). The first-order valence-corrected chi connectivity index (χ1v) is 12.3. The number of hydrogen-bond acceptors (Lipinski definition) is 4. The van der Waals surface area contributed by atoms with E-state index < -0.39 is 10.0 Å². The molecule has 1 fully saturated rings. The summed E-state index contributed by atoms with van der Waals surface area (Å²) in [5.41, 5.74) is 2.27. The molecule has 0 aromatic heterocycles. The molecule has 0 saturated heterocycles. The van der Waals surface area contributed by atoms with E-state index in [1.54, 1.807) is 31.3 Å². The summed E-state index contributed by atoms with van der Waals surface area (Å²) in [4.78, 5) is 12.5. The molecule has 2 aromatic carbocycles. The number of sulfonamides is 1. The normalized spacial score (nSPS) is 15.1. The second-order valence-corrected chi connectivity index (χ2v) is 10.4. The zero-order valence-electron chi connectivity index (χ0n) is 18.2. The van der Waals surface area contributed by atoms with Crippen LogP contribution < -0.4 is 10.1 Å². The van der Waals surface area contributed by atoms with Crippen molar-refractivity contribution in [1.82, 2.24) is 4.31 Å². The first-order valence-electron chi connectivity index (χ1n) is 10.5. The van der Waals surface area contributed by atoms with Gasteiger partial charge in [-0.25, -0.2) is 8.42 Å². The summed E-state index contributed by atoms with van der Waals surface area (Å²) in [6, 6.07) is 9.85. The molecular weight excluding hydrogens is 436 g/mol. The summed E-state index contributed by atoms with van der Waals surface area (Å²) in [6.45, 7) is 3.60. The van der Waals surface area contributed by atoms with Crippen molar-refractivity contribution in [2.24, 2.45) is 0 Å². The van der Waals surface area contributed by atoms with Crippen LogP contribution in [-0.4, -0.2) is 38.3 Å². The second-order valence-electron chi connectivity index (χ2n) is 8.05. The van der Waals surface area contributed by atoms with Gasteiger partial charge in [0.1, 0.15) is 5.75 Å². The van der Waals surface area contributed by atoms with Gasteiger partial charge in [-0.05, 0) is 74.2 Å². The molecule has 0 unspecified atom stereocenters. The molecule has 1 N–H and O–H groups in total. The lowest BCUT2D eigenvalue weighted by molar-refractivity contribution is -0.118. The number of rotatable bonds is 7. The van der Waals surface area contributed by atoms with E-state index >= 15 is 0 Å². The van der Waals surface area contributed by atoms with Gasteiger partial charge in [0.15, 0.2) is 6.61 Å². The van der Waals surface area contributed by atoms with E-state index in [9.17, 15) is 13.2 Å². The van der Waals surface area contributed by atoms with Crippen LogP contribution in [0.4, 0.5) is 5.69 Å². The van der Waals surface area contributed by atoms with E-state index in [4.69, 9.17) is 16.3 Å². The quantitative estimate of drug-likeness (QED) is 0.630. The molecule has 1 aliphatic rings. The number of nitrogens with zero attached hydrogens (tertiary/aromatic N) is 1.